The number of halogens is 10. The van der Waals surface area contributed by atoms with Crippen LogP contribution in [-0.4, -0.2) is 125 Å². The van der Waals surface area contributed by atoms with Gasteiger partial charge in [-0.3, -0.25) is 62.9 Å². The number of nitrogens with one attached hydrogen (secondary N) is 5. The number of pyridine rings is 3. The molecular formula is C82H61Cl10N9O16. The Balaban J connectivity index is 0.000000135. The number of hydrogen-bond donors (Lipinski definition) is 10. The van der Waals surface area contributed by atoms with E-state index in [2.05, 4.69) is 46.4 Å². The average Bonchev–Trinajstić information content (AvgIpc) is 1.63. The first kappa shape index (κ1) is 86.5. The summed E-state index contributed by atoms with van der Waals surface area (Å²) in [4.78, 5) is 137. The summed E-state index contributed by atoms with van der Waals surface area (Å²) in [6, 6.07) is 40.0. The summed E-state index contributed by atoms with van der Waals surface area (Å²) < 4.78 is 5.34. The molecule has 0 radical (unpaired) electrons. The summed E-state index contributed by atoms with van der Waals surface area (Å²) in [6.07, 6.45) is 5.10. The van der Waals surface area contributed by atoms with E-state index in [1.54, 1.807) is 60.7 Å². The molecule has 5 amide bonds. The number of hydrogen-bond acceptors (Lipinski definition) is 20. The van der Waals surface area contributed by atoms with Crippen LogP contribution in [0.25, 0.3) is 0 Å². The van der Waals surface area contributed by atoms with Gasteiger partial charge in [0.25, 0.3) is 29.5 Å². The van der Waals surface area contributed by atoms with Crippen molar-refractivity contribution in [1.82, 2.24) is 15.0 Å². The zero-order chi connectivity index (χ0) is 84.4. The highest BCUT2D eigenvalue weighted by Gasteiger charge is 2.54. The minimum absolute atomic E-state index is 0.121. The standard InChI is InChI=1S/C20H18Cl2N2O4.C17H13Cl2NO3.3C15H10Cl2N2O3/c21-14-5-6-15(22)18-17(14)20(27,19(26)23-18)11-16(25)12-1-3-13(4-2-12)24-7-9-28-10-8-24;1-9-2-4-10(5-3-9)13(21)8-17(23)14-11(18)6-7-12(19)15(14)20-16(17)22;16-9-1-2-10(17)13-12(9)15(22,14(21)19-13)7-11(20)8-3-5-18-6-4-8;16-9-3-4-10(17)13-12(9)15(22,14(21)19-13)6-11(20)8-2-1-5-18-7-8;16-8-4-5-9(17)13-12(8)15(22,14(21)19-13)7-11(20)10-3-1-2-6-18-10/h1-6,27H,7-11H2,(H,23,26);2-7,23H,8H2,1H3,(H,20,22);1-6,22H,7H2,(H,19,21);1-5,7,22H,6H2,(H,19,21);1-6,22H,7H2,(H,19,21). The van der Waals surface area contributed by atoms with Crippen LogP contribution in [0.2, 0.25) is 50.2 Å². The minimum Gasteiger partial charge on any atom is -0.378 e. The summed E-state index contributed by atoms with van der Waals surface area (Å²) in [5.74, 6) is -5.61. The number of anilines is 6. The summed E-state index contributed by atoms with van der Waals surface area (Å²) in [7, 11) is 0. The number of ether oxygens (including phenoxy) is 1. The molecule has 10 N–H and O–H groups in total. The fraction of sp³-hybridized carbons (Fsp3) is 0.183. The van der Waals surface area contributed by atoms with Crippen LogP contribution in [0.15, 0.2) is 183 Å². The minimum atomic E-state index is -2.06. The van der Waals surface area contributed by atoms with Crippen molar-refractivity contribution in [2.75, 3.05) is 57.8 Å². The number of aryl methyl sites for hydroxylation is 1. The fourth-order valence-electron chi connectivity index (χ4n) is 13.6. The van der Waals surface area contributed by atoms with Crippen molar-refractivity contribution in [2.45, 2.75) is 67.0 Å². The smallest absolute Gasteiger partial charge is 0.261 e. The van der Waals surface area contributed by atoms with E-state index in [1.165, 1.54) is 110 Å². The molecule has 35 heteroatoms. The summed E-state index contributed by atoms with van der Waals surface area (Å²) >= 11 is 60.7. The van der Waals surface area contributed by atoms with Crippen molar-refractivity contribution >= 4 is 209 Å². The van der Waals surface area contributed by atoms with Gasteiger partial charge < -0.3 is 61.8 Å². The van der Waals surface area contributed by atoms with Crippen molar-refractivity contribution in [3.8, 4) is 0 Å². The van der Waals surface area contributed by atoms with E-state index in [4.69, 9.17) is 121 Å². The molecule has 600 valence electrons. The van der Waals surface area contributed by atoms with Crippen molar-refractivity contribution < 1.29 is 78.2 Å². The Bertz CT molecular complexity index is 5390. The summed E-state index contributed by atoms with van der Waals surface area (Å²) in [5.41, 5.74) is -4.71. The number of nitrogens with zero attached hydrogens (tertiary/aromatic N) is 4. The van der Waals surface area contributed by atoms with Gasteiger partial charge >= 0.3 is 0 Å². The number of ketones is 5. The van der Waals surface area contributed by atoms with E-state index < -0.39 is 107 Å². The Kier molecular flexibility index (Phi) is 26.1. The number of carbonyl (C=O) groups excluding carboxylic acids is 10. The first-order valence-electron chi connectivity index (χ1n) is 35.0. The fourth-order valence-corrected chi connectivity index (χ4v) is 16.2. The highest BCUT2D eigenvalue weighted by molar-refractivity contribution is 6.42. The molecule has 0 spiro atoms. The van der Waals surface area contributed by atoms with E-state index in [-0.39, 0.29) is 124 Å². The summed E-state index contributed by atoms with van der Waals surface area (Å²) in [6.45, 7) is 4.84. The molecule has 10 aromatic rings. The molecule has 6 aliphatic rings. The number of amides is 5. The molecule has 16 rings (SSSR count). The second-order valence-corrected chi connectivity index (χ2v) is 31.2. The average molecular weight is 1780 g/mol. The van der Waals surface area contributed by atoms with Gasteiger partial charge in [0.15, 0.2) is 56.9 Å². The van der Waals surface area contributed by atoms with Gasteiger partial charge in [-0.1, -0.05) is 152 Å². The number of aromatic nitrogens is 3. The molecule has 1 saturated heterocycles. The Morgan fingerprint density at radius 3 is 0.974 bits per heavy atom. The van der Waals surface area contributed by atoms with Crippen molar-refractivity contribution in [3.63, 3.8) is 0 Å². The van der Waals surface area contributed by atoms with Crippen LogP contribution in [0.3, 0.4) is 0 Å². The molecule has 1 fully saturated rings. The van der Waals surface area contributed by atoms with Crippen molar-refractivity contribution in [3.05, 3.63) is 294 Å². The third-order valence-corrected chi connectivity index (χ3v) is 22.8. The lowest BCUT2D eigenvalue weighted by atomic mass is 9.88. The predicted molar refractivity (Wildman–Crippen MR) is 443 cm³/mol. The van der Waals surface area contributed by atoms with Crippen LogP contribution in [0.1, 0.15) is 117 Å². The molecule has 9 heterocycles. The number of Topliss-reactive ketones (excluding diaryl/α,β-unsaturated/α-hetero) is 5. The normalized spacial score (nSPS) is 20.0. The monoisotopic (exact) mass is 1780 g/mol. The van der Waals surface area contributed by atoms with E-state index in [1.807, 2.05) is 19.1 Å². The van der Waals surface area contributed by atoms with Crippen LogP contribution in [0.5, 0.6) is 0 Å². The quantitative estimate of drug-likeness (QED) is 0.0402. The largest absolute Gasteiger partial charge is 0.378 e. The Hall–Kier alpha value is -9.85. The third kappa shape index (κ3) is 17.5. The van der Waals surface area contributed by atoms with Gasteiger partial charge in [0, 0.05) is 125 Å². The zero-order valence-corrected chi connectivity index (χ0v) is 68.0. The zero-order valence-electron chi connectivity index (χ0n) is 60.5. The molecule has 0 saturated carbocycles. The Morgan fingerprint density at radius 2 is 0.658 bits per heavy atom. The lowest BCUT2D eigenvalue weighted by Gasteiger charge is -2.29. The molecular weight excluding hydrogens is 1720 g/mol. The predicted octanol–water partition coefficient (Wildman–Crippen LogP) is 15.4. The van der Waals surface area contributed by atoms with Gasteiger partial charge in [-0.25, -0.2) is 0 Å². The van der Waals surface area contributed by atoms with Gasteiger partial charge in [-0.2, -0.15) is 0 Å². The highest BCUT2D eigenvalue weighted by Crippen LogP contribution is 2.52. The lowest BCUT2D eigenvalue weighted by molar-refractivity contribution is -0.133. The van der Waals surface area contributed by atoms with Crippen LogP contribution in [0.4, 0.5) is 34.1 Å². The van der Waals surface area contributed by atoms with Crippen LogP contribution in [0, 0.1) is 6.92 Å². The molecule has 25 nitrogen and oxygen atoms in total. The molecule has 6 aliphatic heterocycles. The van der Waals surface area contributed by atoms with Gasteiger partial charge in [-0.15, -0.1) is 0 Å². The lowest BCUT2D eigenvalue weighted by Crippen LogP contribution is -2.37. The molecule has 3 aromatic heterocycles. The summed E-state index contributed by atoms with van der Waals surface area (Å²) in [5, 5.41) is 68.7. The number of benzene rings is 7. The van der Waals surface area contributed by atoms with E-state index in [9.17, 15) is 73.5 Å². The first-order chi connectivity index (χ1) is 55.5. The topological polar surface area (TPSA) is 383 Å². The van der Waals surface area contributed by atoms with E-state index in [0.717, 1.165) is 24.3 Å². The van der Waals surface area contributed by atoms with Gasteiger partial charge in [0.05, 0.1) is 98.9 Å². The second-order valence-electron chi connectivity index (χ2n) is 27.2. The molecule has 0 aliphatic carbocycles. The van der Waals surface area contributed by atoms with E-state index >= 15 is 0 Å². The molecule has 0 bridgehead atoms. The van der Waals surface area contributed by atoms with Gasteiger partial charge in [-0.05, 0) is 128 Å². The number of aliphatic hydroxyl groups is 5. The maximum Gasteiger partial charge on any atom is 0.261 e. The van der Waals surface area contributed by atoms with Crippen LogP contribution >= 0.6 is 116 Å². The van der Waals surface area contributed by atoms with Crippen molar-refractivity contribution in [1.29, 1.82) is 0 Å². The third-order valence-electron chi connectivity index (χ3n) is 19.6. The van der Waals surface area contributed by atoms with Crippen molar-refractivity contribution in [2.24, 2.45) is 0 Å². The SMILES string of the molecule is Cc1ccc(C(=O)CC2(O)C(=O)Nc3c(Cl)ccc(Cl)c32)cc1.O=C(CC1(O)C(=O)Nc2c(Cl)ccc(Cl)c21)c1ccc(N2CCOCC2)cc1.O=C(CC1(O)C(=O)Nc2c(Cl)ccc(Cl)c21)c1ccccn1.O=C(CC1(O)C(=O)Nc2c(Cl)ccc(Cl)c21)c1cccnc1.O=C(CC1(O)C(=O)Nc2c(Cl)ccc(Cl)c21)c1ccncc1. The maximum absolute atomic E-state index is 12.8. The number of carbonyl (C=O) groups is 10. The van der Waals surface area contributed by atoms with Gasteiger partial charge in [0.2, 0.25) is 0 Å². The Morgan fingerprint density at radius 1 is 0.350 bits per heavy atom. The van der Waals surface area contributed by atoms with Crippen LogP contribution in [-0.2, 0) is 56.7 Å². The number of rotatable bonds is 16. The van der Waals surface area contributed by atoms with E-state index in [0.29, 0.717) is 35.5 Å². The number of morpholine rings is 1. The van der Waals surface area contributed by atoms with Crippen LogP contribution < -0.4 is 31.5 Å². The second kappa shape index (κ2) is 35.4. The number of fused-ring (bicyclic) bond motifs is 5. The molecule has 7 aromatic carbocycles. The molecule has 5 atom stereocenters. The molecule has 5 unspecified atom stereocenters. The highest BCUT2D eigenvalue weighted by atomic mass is 35.5. The van der Waals surface area contributed by atoms with Gasteiger partial charge in [0.1, 0.15) is 5.69 Å². The molecule has 117 heavy (non-hydrogen) atoms. The Labute approximate surface area is 715 Å². The maximum atomic E-state index is 12.8. The first-order valence-corrected chi connectivity index (χ1v) is 38.8.